The average Bonchev–Trinajstić information content (AvgIpc) is 2.91. The first-order valence-corrected chi connectivity index (χ1v) is 9.85. The van der Waals surface area contributed by atoms with Crippen LogP contribution < -0.4 is 10.0 Å². The highest BCUT2D eigenvalue weighted by molar-refractivity contribution is 7.89. The lowest BCUT2D eigenvalue weighted by atomic mass is 10.2. The minimum atomic E-state index is -3.90. The summed E-state index contributed by atoms with van der Waals surface area (Å²) in [6.07, 6.45) is 1.83. The second kappa shape index (κ2) is 8.08. The number of benzene rings is 1. The van der Waals surface area contributed by atoms with E-state index in [0.29, 0.717) is 6.42 Å². The minimum Gasteiger partial charge on any atom is -0.344 e. The molecule has 2 rings (SSSR count). The van der Waals surface area contributed by atoms with E-state index in [-0.39, 0.29) is 32.9 Å². The quantitative estimate of drug-likeness (QED) is 0.760. The van der Waals surface area contributed by atoms with Crippen molar-refractivity contribution in [2.45, 2.75) is 31.2 Å². The molecule has 0 aliphatic heterocycles. The third-order valence-corrected chi connectivity index (χ3v) is 6.00. The molecule has 0 aliphatic carbocycles. The number of carbonyl (C=O) groups is 1. The average molecular weight is 413 g/mol. The number of anilines is 1. The van der Waals surface area contributed by atoms with Crippen molar-refractivity contribution in [3.63, 3.8) is 0 Å². The van der Waals surface area contributed by atoms with Crippen LogP contribution in [0.15, 0.2) is 29.3 Å². The Morgan fingerprint density at radius 1 is 1.44 bits per heavy atom. The Kier molecular flexibility index (Phi) is 6.26. The van der Waals surface area contributed by atoms with Crippen LogP contribution in [-0.2, 0) is 17.1 Å². The van der Waals surface area contributed by atoms with E-state index in [2.05, 4.69) is 10.0 Å². The first-order chi connectivity index (χ1) is 12.6. The molecule has 0 radical (unpaired) electrons. The number of sulfonamides is 1. The van der Waals surface area contributed by atoms with Crippen LogP contribution in [0, 0.1) is 17.1 Å². The highest BCUT2D eigenvalue weighted by Crippen LogP contribution is 2.28. The van der Waals surface area contributed by atoms with Gasteiger partial charge in [-0.2, -0.15) is 5.26 Å². The summed E-state index contributed by atoms with van der Waals surface area (Å²) >= 11 is 6.17. The standard InChI is InChI=1S/C17H18ClFN4O3S/c1-4-10(2)22-27(25,26)14-9-23(3)16(15(14)18)17(24)21-12-5-6-13(19)11(7-12)8-20/h5-7,9-10,22H,4H2,1-3H3,(H,21,24). The number of nitrogens with one attached hydrogen (secondary N) is 2. The molecule has 1 unspecified atom stereocenters. The summed E-state index contributed by atoms with van der Waals surface area (Å²) in [5.74, 6) is -1.40. The van der Waals surface area contributed by atoms with Crippen molar-refractivity contribution in [3.05, 3.63) is 46.5 Å². The van der Waals surface area contributed by atoms with Gasteiger partial charge in [-0.05, 0) is 31.5 Å². The maximum Gasteiger partial charge on any atom is 0.273 e. The van der Waals surface area contributed by atoms with Gasteiger partial charge in [0.1, 0.15) is 22.5 Å². The molecule has 1 aromatic heterocycles. The van der Waals surface area contributed by atoms with E-state index in [0.717, 1.165) is 6.07 Å². The third kappa shape index (κ3) is 4.47. The summed E-state index contributed by atoms with van der Waals surface area (Å²) < 4.78 is 42.1. The van der Waals surface area contributed by atoms with E-state index >= 15 is 0 Å². The molecule has 0 aliphatic rings. The molecule has 2 aromatic rings. The first-order valence-electron chi connectivity index (χ1n) is 7.98. The summed E-state index contributed by atoms with van der Waals surface area (Å²) in [4.78, 5) is 12.3. The molecule has 0 bridgehead atoms. The van der Waals surface area contributed by atoms with Crippen molar-refractivity contribution < 1.29 is 17.6 Å². The number of nitrogens with zero attached hydrogens (tertiary/aromatic N) is 2. The number of nitriles is 1. The second-order valence-corrected chi connectivity index (χ2v) is 8.02. The van der Waals surface area contributed by atoms with Crippen molar-refractivity contribution in [3.8, 4) is 6.07 Å². The monoisotopic (exact) mass is 412 g/mol. The summed E-state index contributed by atoms with van der Waals surface area (Å²) in [5.41, 5.74) is -0.131. The smallest absolute Gasteiger partial charge is 0.273 e. The fraction of sp³-hybridized carbons (Fsp3) is 0.294. The lowest BCUT2D eigenvalue weighted by Crippen LogP contribution is -2.32. The van der Waals surface area contributed by atoms with Crippen LogP contribution in [0.4, 0.5) is 10.1 Å². The van der Waals surface area contributed by atoms with Crippen LogP contribution in [0.1, 0.15) is 36.3 Å². The summed E-state index contributed by atoms with van der Waals surface area (Å²) in [5, 5.41) is 11.1. The zero-order chi connectivity index (χ0) is 20.4. The number of aromatic nitrogens is 1. The molecule has 0 saturated heterocycles. The van der Waals surface area contributed by atoms with Crippen molar-refractivity contribution in [2.24, 2.45) is 7.05 Å². The largest absolute Gasteiger partial charge is 0.344 e. The van der Waals surface area contributed by atoms with Crippen LogP contribution >= 0.6 is 11.6 Å². The molecule has 0 fully saturated rings. The van der Waals surface area contributed by atoms with Crippen LogP contribution in [0.3, 0.4) is 0 Å². The first kappa shape index (κ1) is 20.9. The van der Waals surface area contributed by atoms with Crippen molar-refractivity contribution in [1.29, 1.82) is 5.26 Å². The SMILES string of the molecule is CCC(C)NS(=O)(=O)c1cn(C)c(C(=O)Nc2ccc(F)c(C#N)c2)c1Cl. The van der Waals surface area contributed by atoms with Gasteiger partial charge in [-0.25, -0.2) is 17.5 Å². The Morgan fingerprint density at radius 3 is 2.70 bits per heavy atom. The van der Waals surface area contributed by atoms with E-state index < -0.39 is 21.7 Å². The zero-order valence-corrected chi connectivity index (χ0v) is 16.4. The van der Waals surface area contributed by atoms with Gasteiger partial charge < -0.3 is 9.88 Å². The number of hydrogen-bond acceptors (Lipinski definition) is 4. The van der Waals surface area contributed by atoms with Crippen LogP contribution in [0.2, 0.25) is 5.02 Å². The lowest BCUT2D eigenvalue weighted by Gasteiger charge is -2.11. The van der Waals surface area contributed by atoms with E-state index in [1.807, 2.05) is 6.92 Å². The van der Waals surface area contributed by atoms with Gasteiger partial charge in [-0.1, -0.05) is 18.5 Å². The molecule has 10 heteroatoms. The summed E-state index contributed by atoms with van der Waals surface area (Å²) in [6, 6.07) is 4.88. The van der Waals surface area contributed by atoms with Gasteiger partial charge >= 0.3 is 0 Å². The van der Waals surface area contributed by atoms with Gasteiger partial charge in [-0.3, -0.25) is 4.79 Å². The van der Waals surface area contributed by atoms with Gasteiger partial charge in [0, 0.05) is 25.0 Å². The van der Waals surface area contributed by atoms with E-state index in [1.165, 1.54) is 29.9 Å². The van der Waals surface area contributed by atoms with Crippen LogP contribution in [-0.4, -0.2) is 24.9 Å². The minimum absolute atomic E-state index is 0.0796. The van der Waals surface area contributed by atoms with E-state index in [9.17, 15) is 17.6 Å². The fourth-order valence-electron chi connectivity index (χ4n) is 2.31. The number of aryl methyl sites for hydroxylation is 1. The third-order valence-electron chi connectivity index (χ3n) is 3.91. The molecule has 1 atom stereocenters. The number of amides is 1. The van der Waals surface area contributed by atoms with Crippen molar-refractivity contribution in [1.82, 2.24) is 9.29 Å². The van der Waals surface area contributed by atoms with E-state index in [4.69, 9.17) is 16.9 Å². The Bertz CT molecular complexity index is 1030. The normalized spacial score (nSPS) is 12.4. The van der Waals surface area contributed by atoms with Crippen LogP contribution in [0.5, 0.6) is 0 Å². The molecule has 27 heavy (non-hydrogen) atoms. The molecule has 2 N–H and O–H groups in total. The second-order valence-electron chi connectivity index (χ2n) is 5.96. The highest BCUT2D eigenvalue weighted by atomic mass is 35.5. The summed E-state index contributed by atoms with van der Waals surface area (Å²) in [6.45, 7) is 3.54. The topological polar surface area (TPSA) is 104 Å². The molecule has 1 heterocycles. The maximum absolute atomic E-state index is 13.4. The van der Waals surface area contributed by atoms with E-state index in [1.54, 1.807) is 13.0 Å². The molecule has 7 nitrogen and oxygen atoms in total. The Morgan fingerprint density at radius 2 is 2.11 bits per heavy atom. The van der Waals surface area contributed by atoms with Crippen LogP contribution in [0.25, 0.3) is 0 Å². The molecular formula is C17H18ClFN4O3S. The number of carbonyl (C=O) groups excluding carboxylic acids is 1. The van der Waals surface area contributed by atoms with Crippen molar-refractivity contribution in [2.75, 3.05) is 5.32 Å². The van der Waals surface area contributed by atoms with Gasteiger partial charge in [0.05, 0.1) is 10.6 Å². The number of hydrogen-bond donors (Lipinski definition) is 2. The Balaban J connectivity index is 2.36. The summed E-state index contributed by atoms with van der Waals surface area (Å²) in [7, 11) is -2.42. The van der Waals surface area contributed by atoms with Gasteiger partial charge in [0.2, 0.25) is 10.0 Å². The predicted octanol–water partition coefficient (Wildman–Crippen LogP) is 3.02. The molecule has 1 amide bonds. The fourth-order valence-corrected chi connectivity index (χ4v) is 4.33. The predicted molar refractivity (Wildman–Crippen MR) is 99.6 cm³/mol. The number of halogens is 2. The Hall–Kier alpha value is -2.41. The Labute approximate surface area is 161 Å². The molecule has 144 valence electrons. The van der Waals surface area contributed by atoms with Gasteiger partial charge in [-0.15, -0.1) is 0 Å². The maximum atomic E-state index is 13.4. The molecule has 0 spiro atoms. The molecule has 0 saturated carbocycles. The van der Waals surface area contributed by atoms with Gasteiger partial charge in [0.15, 0.2) is 0 Å². The highest BCUT2D eigenvalue weighted by Gasteiger charge is 2.28. The lowest BCUT2D eigenvalue weighted by molar-refractivity contribution is 0.101. The van der Waals surface area contributed by atoms with Crippen molar-refractivity contribution >= 4 is 33.2 Å². The molecule has 1 aromatic carbocycles. The van der Waals surface area contributed by atoms with Gasteiger partial charge in [0.25, 0.3) is 5.91 Å². The molecular weight excluding hydrogens is 395 g/mol. The zero-order valence-electron chi connectivity index (χ0n) is 14.9. The number of rotatable bonds is 6.